The lowest BCUT2D eigenvalue weighted by atomic mass is 9.95. The van der Waals surface area contributed by atoms with Crippen LogP contribution in [-0.4, -0.2) is 23.7 Å². The van der Waals surface area contributed by atoms with Gasteiger partial charge in [-0.25, -0.2) is 4.39 Å². The summed E-state index contributed by atoms with van der Waals surface area (Å²) in [5, 5.41) is 2.85. The molecule has 0 radical (unpaired) electrons. The smallest absolute Gasteiger partial charge is 0.256 e. The number of hydrogen-bond donors (Lipinski definition) is 2. The number of carbonyl (C=O) groups excluding carboxylic acids is 1. The highest BCUT2D eigenvalue weighted by Crippen LogP contribution is 2.34. The van der Waals surface area contributed by atoms with Crippen molar-refractivity contribution in [2.75, 3.05) is 18.5 Å². The predicted octanol–water partition coefficient (Wildman–Crippen LogP) is 4.36. The first-order chi connectivity index (χ1) is 16.2. The quantitative estimate of drug-likeness (QED) is 0.541. The first kappa shape index (κ1) is 23.5. The fourth-order valence-electron chi connectivity index (χ4n) is 4.16. The molecule has 8 heteroatoms. The van der Waals surface area contributed by atoms with Gasteiger partial charge in [-0.05, 0) is 67.5 Å². The van der Waals surface area contributed by atoms with Gasteiger partial charge in [0.05, 0.1) is 5.69 Å². The highest BCUT2D eigenvalue weighted by molar-refractivity contribution is 6.01. The van der Waals surface area contributed by atoms with Crippen LogP contribution in [0.3, 0.4) is 0 Å². The number of nitrogens with one attached hydrogen (secondary N) is 1. The lowest BCUT2D eigenvalue weighted by molar-refractivity contribution is 0.0998. The number of carbonyl (C=O) groups is 1. The van der Waals surface area contributed by atoms with Crippen LogP contribution in [0.2, 0.25) is 0 Å². The number of nitrogens with zero attached hydrogens (tertiary/aromatic N) is 1. The topological polar surface area (TPSA) is 95.6 Å². The molecular formula is C26H28FN3O4. The minimum Gasteiger partial charge on any atom is -0.456 e. The normalized spacial score (nSPS) is 15.4. The zero-order valence-electron chi connectivity index (χ0n) is 19.5. The summed E-state index contributed by atoms with van der Waals surface area (Å²) < 4.78 is 27.3. The molecule has 2 aromatic carbocycles. The second-order valence-electron chi connectivity index (χ2n) is 8.68. The van der Waals surface area contributed by atoms with Crippen LogP contribution in [0.4, 0.5) is 15.9 Å². The van der Waals surface area contributed by atoms with Crippen LogP contribution in [0.25, 0.3) is 0 Å². The number of aryl methyl sites for hydroxylation is 1. The Kier molecular flexibility index (Phi) is 6.70. The van der Waals surface area contributed by atoms with Crippen molar-refractivity contribution in [3.63, 3.8) is 0 Å². The molecule has 178 valence electrons. The highest BCUT2D eigenvalue weighted by Gasteiger charge is 2.23. The number of ether oxygens (including phenoxy) is 2. The Morgan fingerprint density at radius 2 is 2.03 bits per heavy atom. The van der Waals surface area contributed by atoms with E-state index in [9.17, 15) is 14.0 Å². The van der Waals surface area contributed by atoms with E-state index in [4.69, 9.17) is 15.2 Å². The fraction of sp³-hybridized carbons (Fsp3) is 0.308. The summed E-state index contributed by atoms with van der Waals surface area (Å²) in [4.78, 5) is 25.2. The molecule has 7 nitrogen and oxygen atoms in total. The number of amides is 1. The molecule has 1 aromatic heterocycles. The van der Waals surface area contributed by atoms with Crippen molar-refractivity contribution in [1.82, 2.24) is 4.57 Å². The number of rotatable bonds is 7. The van der Waals surface area contributed by atoms with Crippen LogP contribution in [0.1, 0.15) is 33.5 Å². The molecule has 1 amide bonds. The maximum Gasteiger partial charge on any atom is 0.256 e. The van der Waals surface area contributed by atoms with Gasteiger partial charge in [-0.1, -0.05) is 18.2 Å². The SMILES string of the molecule is Cc1ccc(Nc2c(C(N)=O)c(Oc3cccc(CC4CCOC4)c3C)cc(=O)n2C)c(F)c1. The number of halogens is 1. The second kappa shape index (κ2) is 9.69. The molecule has 1 unspecified atom stereocenters. The largest absolute Gasteiger partial charge is 0.456 e. The Morgan fingerprint density at radius 3 is 2.71 bits per heavy atom. The average Bonchev–Trinajstić information content (AvgIpc) is 3.29. The van der Waals surface area contributed by atoms with E-state index < -0.39 is 17.3 Å². The van der Waals surface area contributed by atoms with Crippen molar-refractivity contribution in [1.29, 1.82) is 0 Å². The van der Waals surface area contributed by atoms with E-state index in [1.54, 1.807) is 19.1 Å². The Labute approximate surface area is 197 Å². The molecule has 34 heavy (non-hydrogen) atoms. The van der Waals surface area contributed by atoms with Gasteiger partial charge in [0.15, 0.2) is 0 Å². The maximum absolute atomic E-state index is 14.5. The van der Waals surface area contributed by atoms with Gasteiger partial charge < -0.3 is 20.5 Å². The number of benzene rings is 2. The highest BCUT2D eigenvalue weighted by atomic mass is 19.1. The molecule has 0 saturated carbocycles. The van der Waals surface area contributed by atoms with E-state index in [0.717, 1.165) is 42.7 Å². The number of hydrogen-bond acceptors (Lipinski definition) is 5. The van der Waals surface area contributed by atoms with E-state index in [0.29, 0.717) is 11.7 Å². The second-order valence-corrected chi connectivity index (χ2v) is 8.68. The standard InChI is InChI=1S/C26H28FN3O4/c1-15-7-8-20(19(27)11-15)29-26-24(25(28)32)22(13-23(31)30(26)3)34-21-6-4-5-18(16(21)2)12-17-9-10-33-14-17/h4-8,11,13,17,29H,9-10,12,14H2,1-3H3,(H2,28,32). The van der Waals surface area contributed by atoms with Gasteiger partial charge in [-0.2, -0.15) is 0 Å². The van der Waals surface area contributed by atoms with Gasteiger partial charge in [0.25, 0.3) is 11.5 Å². The van der Waals surface area contributed by atoms with Crippen LogP contribution >= 0.6 is 0 Å². The van der Waals surface area contributed by atoms with Crippen LogP contribution < -0.4 is 21.3 Å². The van der Waals surface area contributed by atoms with Crippen molar-refractivity contribution < 1.29 is 18.7 Å². The summed E-state index contributed by atoms with van der Waals surface area (Å²) in [6.45, 7) is 5.20. The van der Waals surface area contributed by atoms with Crippen molar-refractivity contribution in [2.45, 2.75) is 26.7 Å². The van der Waals surface area contributed by atoms with E-state index in [1.807, 2.05) is 19.1 Å². The fourth-order valence-corrected chi connectivity index (χ4v) is 4.16. The van der Waals surface area contributed by atoms with Gasteiger partial charge in [0, 0.05) is 26.3 Å². The number of anilines is 2. The predicted molar refractivity (Wildman–Crippen MR) is 129 cm³/mol. The van der Waals surface area contributed by atoms with Gasteiger partial charge in [0.1, 0.15) is 28.7 Å². The summed E-state index contributed by atoms with van der Waals surface area (Å²) in [6, 6.07) is 11.5. The summed E-state index contributed by atoms with van der Waals surface area (Å²) in [5.41, 5.74) is 8.08. The number of aromatic nitrogens is 1. The molecule has 1 fully saturated rings. The lowest BCUT2D eigenvalue weighted by Crippen LogP contribution is -2.25. The van der Waals surface area contributed by atoms with Gasteiger partial charge >= 0.3 is 0 Å². The molecular weight excluding hydrogens is 437 g/mol. The van der Waals surface area contributed by atoms with Crippen molar-refractivity contribution in [3.8, 4) is 11.5 Å². The Morgan fingerprint density at radius 1 is 1.24 bits per heavy atom. The minimum atomic E-state index is -0.808. The van der Waals surface area contributed by atoms with Crippen molar-refractivity contribution in [2.24, 2.45) is 18.7 Å². The molecule has 1 atom stereocenters. The van der Waals surface area contributed by atoms with Crippen LogP contribution in [0, 0.1) is 25.6 Å². The number of primary amides is 1. The zero-order valence-corrected chi connectivity index (χ0v) is 19.5. The number of pyridine rings is 1. The summed E-state index contributed by atoms with van der Waals surface area (Å²) >= 11 is 0. The molecule has 0 bridgehead atoms. The number of nitrogens with two attached hydrogens (primary N) is 1. The molecule has 3 aromatic rings. The third-order valence-corrected chi connectivity index (χ3v) is 6.18. The van der Waals surface area contributed by atoms with Gasteiger partial charge in [0.2, 0.25) is 0 Å². The molecule has 3 N–H and O–H groups in total. The van der Waals surface area contributed by atoms with E-state index in [-0.39, 0.29) is 22.8 Å². The third kappa shape index (κ3) is 4.82. The minimum absolute atomic E-state index is 0.00932. The molecule has 2 heterocycles. The average molecular weight is 466 g/mol. The molecule has 1 aliphatic rings. The molecule has 1 saturated heterocycles. The first-order valence-corrected chi connectivity index (χ1v) is 11.2. The van der Waals surface area contributed by atoms with Crippen LogP contribution in [-0.2, 0) is 18.2 Å². The van der Waals surface area contributed by atoms with Crippen molar-refractivity contribution >= 4 is 17.4 Å². The molecule has 4 rings (SSSR count). The summed E-state index contributed by atoms with van der Waals surface area (Å²) in [5.74, 6) is -0.310. The zero-order chi connectivity index (χ0) is 24.4. The van der Waals surface area contributed by atoms with E-state index in [2.05, 4.69) is 5.32 Å². The van der Waals surface area contributed by atoms with Gasteiger partial charge in [-0.15, -0.1) is 0 Å². The van der Waals surface area contributed by atoms with Crippen molar-refractivity contribution in [3.05, 3.63) is 80.9 Å². The summed E-state index contributed by atoms with van der Waals surface area (Å²) in [6.07, 6.45) is 1.86. The van der Waals surface area contributed by atoms with E-state index in [1.165, 1.54) is 29.8 Å². The Balaban J connectivity index is 1.74. The first-order valence-electron chi connectivity index (χ1n) is 11.2. The maximum atomic E-state index is 14.5. The van der Waals surface area contributed by atoms with Gasteiger partial charge in [-0.3, -0.25) is 14.2 Å². The molecule has 0 aliphatic carbocycles. The van der Waals surface area contributed by atoms with E-state index >= 15 is 0 Å². The molecule has 0 spiro atoms. The lowest BCUT2D eigenvalue weighted by Gasteiger charge is -2.19. The molecule has 1 aliphatic heterocycles. The summed E-state index contributed by atoms with van der Waals surface area (Å²) in [7, 11) is 1.47. The third-order valence-electron chi connectivity index (χ3n) is 6.18. The van der Waals surface area contributed by atoms with Crippen LogP contribution in [0.15, 0.2) is 47.3 Å². The van der Waals surface area contributed by atoms with Crippen LogP contribution in [0.5, 0.6) is 11.5 Å². The Bertz CT molecular complexity index is 1300. The monoisotopic (exact) mass is 465 g/mol. The Hall–Kier alpha value is -3.65.